The molecule has 1 amide bonds. The quantitative estimate of drug-likeness (QED) is 0.688. The number of hydrogen-bond acceptors (Lipinski definition) is 3. The lowest BCUT2D eigenvalue weighted by Gasteiger charge is -2.13. The first kappa shape index (κ1) is 16.5. The number of halogens is 1. The molecule has 0 aromatic heterocycles. The minimum Gasteiger partial charge on any atom is -0.455 e. The van der Waals surface area contributed by atoms with E-state index >= 15 is 0 Å². The molecule has 2 N–H and O–H groups in total. The van der Waals surface area contributed by atoms with Crippen molar-refractivity contribution < 1.29 is 13.9 Å². The van der Waals surface area contributed by atoms with E-state index in [4.69, 9.17) is 4.74 Å². The summed E-state index contributed by atoms with van der Waals surface area (Å²) in [5.74, 6) is 0.621. The fourth-order valence-corrected chi connectivity index (χ4v) is 2.25. The number of para-hydroxylation sites is 3. The largest absolute Gasteiger partial charge is 0.455 e. The summed E-state index contributed by atoms with van der Waals surface area (Å²) in [6, 6.07) is 22.5. The first-order valence-corrected chi connectivity index (χ1v) is 7.82. The van der Waals surface area contributed by atoms with Gasteiger partial charge in [0.1, 0.15) is 11.6 Å². The summed E-state index contributed by atoms with van der Waals surface area (Å²) in [5.41, 5.74) is 1.11. The molecule has 0 heterocycles. The Bertz CT molecular complexity index is 853. The van der Waals surface area contributed by atoms with Crippen molar-refractivity contribution in [3.8, 4) is 11.5 Å². The highest BCUT2D eigenvalue weighted by Crippen LogP contribution is 2.29. The predicted molar refractivity (Wildman–Crippen MR) is 96.5 cm³/mol. The molecule has 0 aliphatic rings. The van der Waals surface area contributed by atoms with E-state index in [1.165, 1.54) is 12.1 Å². The fraction of sp³-hybridized carbons (Fsp3) is 0.0500. The number of hydrogen-bond donors (Lipinski definition) is 2. The fourth-order valence-electron chi connectivity index (χ4n) is 2.25. The van der Waals surface area contributed by atoms with Crippen LogP contribution in [0.3, 0.4) is 0 Å². The van der Waals surface area contributed by atoms with Gasteiger partial charge in [-0.05, 0) is 42.5 Å². The number of benzene rings is 3. The normalized spacial score (nSPS) is 10.1. The van der Waals surface area contributed by atoms with Crippen molar-refractivity contribution in [2.24, 2.45) is 0 Å². The van der Waals surface area contributed by atoms with Crippen molar-refractivity contribution in [1.29, 1.82) is 0 Å². The SMILES string of the molecule is O=C(CNc1cccc(F)c1)Nc1ccccc1Oc1ccccc1. The molecular formula is C20H17FN2O2. The molecule has 0 aliphatic carbocycles. The van der Waals surface area contributed by atoms with E-state index in [9.17, 15) is 9.18 Å². The topological polar surface area (TPSA) is 50.4 Å². The van der Waals surface area contributed by atoms with Gasteiger partial charge in [0.25, 0.3) is 0 Å². The van der Waals surface area contributed by atoms with Gasteiger partial charge in [-0.2, -0.15) is 0 Å². The third kappa shape index (κ3) is 4.81. The molecule has 0 atom stereocenters. The second kappa shape index (κ2) is 7.97. The van der Waals surface area contributed by atoms with Crippen LogP contribution in [0.15, 0.2) is 78.9 Å². The van der Waals surface area contributed by atoms with E-state index in [2.05, 4.69) is 10.6 Å². The van der Waals surface area contributed by atoms with Gasteiger partial charge in [0.2, 0.25) is 5.91 Å². The Morgan fingerprint density at radius 1 is 0.920 bits per heavy atom. The van der Waals surface area contributed by atoms with E-state index < -0.39 is 0 Å². The van der Waals surface area contributed by atoms with Crippen LogP contribution in [0.2, 0.25) is 0 Å². The molecule has 4 nitrogen and oxygen atoms in total. The van der Waals surface area contributed by atoms with Gasteiger partial charge in [-0.1, -0.05) is 36.4 Å². The van der Waals surface area contributed by atoms with Gasteiger partial charge in [-0.3, -0.25) is 4.79 Å². The van der Waals surface area contributed by atoms with Gasteiger partial charge in [0.05, 0.1) is 12.2 Å². The zero-order valence-electron chi connectivity index (χ0n) is 13.4. The molecule has 0 bridgehead atoms. The zero-order valence-corrected chi connectivity index (χ0v) is 13.4. The van der Waals surface area contributed by atoms with Crippen LogP contribution < -0.4 is 15.4 Å². The second-order valence-corrected chi connectivity index (χ2v) is 5.32. The van der Waals surface area contributed by atoms with E-state index in [-0.39, 0.29) is 18.3 Å². The standard InChI is InChI=1S/C20H17FN2O2/c21-15-7-6-8-16(13-15)22-14-20(24)23-18-11-4-5-12-19(18)25-17-9-2-1-3-10-17/h1-13,22H,14H2,(H,23,24). The molecule has 0 fully saturated rings. The Morgan fingerprint density at radius 3 is 2.48 bits per heavy atom. The summed E-state index contributed by atoms with van der Waals surface area (Å²) < 4.78 is 18.9. The highest BCUT2D eigenvalue weighted by atomic mass is 19.1. The maximum Gasteiger partial charge on any atom is 0.243 e. The third-order valence-electron chi connectivity index (χ3n) is 3.41. The average Bonchev–Trinajstić information content (AvgIpc) is 2.63. The molecular weight excluding hydrogens is 319 g/mol. The lowest BCUT2D eigenvalue weighted by atomic mass is 10.2. The number of rotatable bonds is 6. The maximum absolute atomic E-state index is 13.1. The second-order valence-electron chi connectivity index (χ2n) is 5.32. The summed E-state index contributed by atoms with van der Waals surface area (Å²) in [5, 5.41) is 5.68. The molecule has 0 unspecified atom stereocenters. The monoisotopic (exact) mass is 336 g/mol. The number of carbonyl (C=O) groups is 1. The maximum atomic E-state index is 13.1. The Balaban J connectivity index is 1.63. The zero-order chi connectivity index (χ0) is 17.5. The van der Waals surface area contributed by atoms with Crippen LogP contribution in [-0.4, -0.2) is 12.5 Å². The predicted octanol–water partition coefficient (Wildman–Crippen LogP) is 4.67. The molecule has 0 aliphatic heterocycles. The molecule has 0 radical (unpaired) electrons. The Kier molecular flexibility index (Phi) is 5.26. The number of amides is 1. The van der Waals surface area contributed by atoms with Crippen LogP contribution in [0.1, 0.15) is 0 Å². The lowest BCUT2D eigenvalue weighted by molar-refractivity contribution is -0.114. The van der Waals surface area contributed by atoms with E-state index in [1.807, 2.05) is 42.5 Å². The highest BCUT2D eigenvalue weighted by molar-refractivity contribution is 5.95. The molecule has 0 saturated carbocycles. The van der Waals surface area contributed by atoms with Crippen molar-refractivity contribution in [1.82, 2.24) is 0 Å². The average molecular weight is 336 g/mol. The first-order valence-electron chi connectivity index (χ1n) is 7.82. The van der Waals surface area contributed by atoms with Crippen molar-refractivity contribution >= 4 is 17.3 Å². The third-order valence-corrected chi connectivity index (χ3v) is 3.41. The summed E-state index contributed by atoms with van der Waals surface area (Å²) in [7, 11) is 0. The van der Waals surface area contributed by atoms with Crippen molar-refractivity contribution in [3.63, 3.8) is 0 Å². The summed E-state index contributed by atoms with van der Waals surface area (Å²) in [6.07, 6.45) is 0. The smallest absolute Gasteiger partial charge is 0.243 e. The van der Waals surface area contributed by atoms with Crippen molar-refractivity contribution in [2.45, 2.75) is 0 Å². The highest BCUT2D eigenvalue weighted by Gasteiger charge is 2.08. The minimum atomic E-state index is -0.355. The van der Waals surface area contributed by atoms with Crippen LogP contribution in [0.25, 0.3) is 0 Å². The van der Waals surface area contributed by atoms with Crippen LogP contribution in [0, 0.1) is 5.82 Å². The molecule has 5 heteroatoms. The van der Waals surface area contributed by atoms with Crippen LogP contribution in [0.5, 0.6) is 11.5 Å². The molecule has 3 aromatic carbocycles. The molecule has 0 spiro atoms. The Hall–Kier alpha value is -3.34. The van der Waals surface area contributed by atoms with Gasteiger partial charge < -0.3 is 15.4 Å². The van der Waals surface area contributed by atoms with Gasteiger partial charge in [0.15, 0.2) is 5.75 Å². The summed E-state index contributed by atoms with van der Waals surface area (Å²) >= 11 is 0. The van der Waals surface area contributed by atoms with Gasteiger partial charge >= 0.3 is 0 Å². The first-order chi connectivity index (χ1) is 12.2. The van der Waals surface area contributed by atoms with Gasteiger partial charge in [0, 0.05) is 5.69 Å². The number of anilines is 2. The molecule has 0 saturated heterocycles. The Labute approximate surface area is 145 Å². The van der Waals surface area contributed by atoms with Crippen molar-refractivity contribution in [2.75, 3.05) is 17.2 Å². The molecule has 25 heavy (non-hydrogen) atoms. The number of ether oxygens (including phenoxy) is 1. The van der Waals surface area contributed by atoms with Crippen LogP contribution in [0.4, 0.5) is 15.8 Å². The lowest BCUT2D eigenvalue weighted by Crippen LogP contribution is -2.22. The Morgan fingerprint density at radius 2 is 1.68 bits per heavy atom. The summed E-state index contributed by atoms with van der Waals surface area (Å²) in [6.45, 7) is 0.0170. The molecule has 126 valence electrons. The van der Waals surface area contributed by atoms with E-state index in [0.717, 1.165) is 0 Å². The van der Waals surface area contributed by atoms with E-state index in [1.54, 1.807) is 24.3 Å². The molecule has 3 aromatic rings. The molecule has 3 rings (SSSR count). The summed E-state index contributed by atoms with van der Waals surface area (Å²) in [4.78, 5) is 12.2. The van der Waals surface area contributed by atoms with Gasteiger partial charge in [-0.25, -0.2) is 4.39 Å². The van der Waals surface area contributed by atoms with Gasteiger partial charge in [-0.15, -0.1) is 0 Å². The number of nitrogens with one attached hydrogen (secondary N) is 2. The number of carbonyl (C=O) groups excluding carboxylic acids is 1. The minimum absolute atomic E-state index is 0.0170. The van der Waals surface area contributed by atoms with Crippen LogP contribution >= 0.6 is 0 Å². The van der Waals surface area contributed by atoms with Crippen LogP contribution in [-0.2, 0) is 4.79 Å². The van der Waals surface area contributed by atoms with Crippen molar-refractivity contribution in [3.05, 3.63) is 84.7 Å². The van der Waals surface area contributed by atoms with E-state index in [0.29, 0.717) is 22.9 Å².